The van der Waals surface area contributed by atoms with Crippen LogP contribution in [0.3, 0.4) is 0 Å². The van der Waals surface area contributed by atoms with Crippen LogP contribution in [0.2, 0.25) is 0 Å². The monoisotopic (exact) mass is 656 g/mol. The van der Waals surface area contributed by atoms with Crippen LogP contribution < -0.4 is 33.8 Å². The van der Waals surface area contributed by atoms with Crippen LogP contribution in [0.4, 0.5) is 0 Å². The van der Waals surface area contributed by atoms with E-state index in [0.717, 1.165) is 6.42 Å². The van der Waals surface area contributed by atoms with Gasteiger partial charge in [0.2, 0.25) is 0 Å². The number of hydrogen-bond donors (Lipinski definition) is 0. The molecule has 3 aromatic rings. The average molecular weight is 658 g/mol. The predicted molar refractivity (Wildman–Crippen MR) is 166 cm³/mol. The van der Waals surface area contributed by atoms with Gasteiger partial charge < -0.3 is 23.7 Å². The summed E-state index contributed by atoms with van der Waals surface area (Å²) in [6.45, 7) is 7.93. The van der Waals surface area contributed by atoms with Crippen molar-refractivity contribution in [2.75, 3.05) is 34.5 Å². The highest BCUT2D eigenvalue weighted by atomic mass is 79.9. The van der Waals surface area contributed by atoms with Crippen molar-refractivity contribution in [1.82, 2.24) is 4.57 Å². The van der Waals surface area contributed by atoms with Gasteiger partial charge >= 0.3 is 5.97 Å². The highest BCUT2D eigenvalue weighted by Crippen LogP contribution is 2.39. The van der Waals surface area contributed by atoms with E-state index in [-0.39, 0.29) is 12.2 Å². The Morgan fingerprint density at radius 3 is 2.52 bits per heavy atom. The molecular weight excluding hydrogens is 624 g/mol. The number of fused-ring (bicyclic) bond motifs is 1. The van der Waals surface area contributed by atoms with Gasteiger partial charge in [0.05, 0.1) is 48.2 Å². The second-order valence-corrected chi connectivity index (χ2v) is 11.0. The van der Waals surface area contributed by atoms with E-state index in [2.05, 4.69) is 22.5 Å². The van der Waals surface area contributed by atoms with E-state index < -0.39 is 12.0 Å². The van der Waals surface area contributed by atoms with Crippen molar-refractivity contribution in [3.8, 4) is 23.0 Å². The van der Waals surface area contributed by atoms with Gasteiger partial charge in [-0.1, -0.05) is 37.3 Å². The first-order valence-corrected chi connectivity index (χ1v) is 15.0. The maximum Gasteiger partial charge on any atom is 0.338 e. The van der Waals surface area contributed by atoms with Crippen molar-refractivity contribution in [3.05, 3.63) is 89.5 Å². The summed E-state index contributed by atoms with van der Waals surface area (Å²) in [6, 6.07) is 8.08. The van der Waals surface area contributed by atoms with Gasteiger partial charge in [-0.25, -0.2) is 9.79 Å². The van der Waals surface area contributed by atoms with Crippen molar-refractivity contribution >= 4 is 39.3 Å². The zero-order valence-corrected chi connectivity index (χ0v) is 26.6. The molecule has 0 fully saturated rings. The summed E-state index contributed by atoms with van der Waals surface area (Å²) < 4.78 is 30.6. The molecule has 222 valence electrons. The molecule has 4 rings (SSSR count). The van der Waals surface area contributed by atoms with E-state index in [4.69, 9.17) is 28.7 Å². The van der Waals surface area contributed by atoms with Crippen LogP contribution in [-0.2, 0) is 9.53 Å². The van der Waals surface area contributed by atoms with Gasteiger partial charge in [-0.3, -0.25) is 9.36 Å². The fourth-order valence-electron chi connectivity index (χ4n) is 4.73. The number of allylic oxidation sites excluding steroid dienone is 1. The van der Waals surface area contributed by atoms with E-state index in [1.54, 1.807) is 64.7 Å². The van der Waals surface area contributed by atoms with Crippen LogP contribution in [0.1, 0.15) is 43.9 Å². The number of aromatic nitrogens is 1. The Morgan fingerprint density at radius 2 is 1.88 bits per heavy atom. The van der Waals surface area contributed by atoms with Crippen LogP contribution in [0.5, 0.6) is 23.0 Å². The molecule has 9 nitrogen and oxygen atoms in total. The van der Waals surface area contributed by atoms with Crippen molar-refractivity contribution < 1.29 is 28.5 Å². The molecule has 0 amide bonds. The number of methoxy groups -OCH3 is 3. The molecular formula is C31H33BrN2O7S. The second-order valence-electron chi connectivity index (χ2n) is 9.16. The van der Waals surface area contributed by atoms with Gasteiger partial charge in [-0.2, -0.15) is 0 Å². The lowest BCUT2D eigenvalue weighted by Gasteiger charge is -2.27. The number of thiazole rings is 1. The zero-order valence-electron chi connectivity index (χ0n) is 24.2. The summed E-state index contributed by atoms with van der Waals surface area (Å²) in [5.74, 6) is 1.56. The molecule has 0 aliphatic carbocycles. The predicted octanol–water partition coefficient (Wildman–Crippen LogP) is 4.93. The Balaban J connectivity index is 2.01. The summed E-state index contributed by atoms with van der Waals surface area (Å²) in [5.41, 5.74) is 1.87. The molecule has 0 unspecified atom stereocenters. The third-order valence-electron chi connectivity index (χ3n) is 6.52. The first-order valence-electron chi connectivity index (χ1n) is 13.4. The molecule has 0 saturated heterocycles. The number of hydrogen-bond acceptors (Lipinski definition) is 9. The Hall–Kier alpha value is -3.83. The largest absolute Gasteiger partial charge is 0.497 e. The Labute approximate surface area is 256 Å². The number of rotatable bonds is 12. The minimum Gasteiger partial charge on any atom is -0.497 e. The summed E-state index contributed by atoms with van der Waals surface area (Å²) in [4.78, 5) is 32.9. The standard InChI is InChI=1S/C31H33BrN2O7S/c1-7-10-22-26(30(36)40-9-3)27(20-17-19(37-4)11-12-23(20)38-5)34-29(35)25(42-31(34)33-22)16-18-14-21(32)28(41-13-8-2)24(15-18)39-6/h8,11-12,14-17,27H,2,7,9-10,13H2,1,3-6H3/b25-16-/t27-/m0/s1. The van der Waals surface area contributed by atoms with Crippen LogP contribution in [0.15, 0.2) is 68.5 Å². The number of ether oxygens (including phenoxy) is 5. The molecule has 1 aliphatic heterocycles. The van der Waals surface area contributed by atoms with Crippen molar-refractivity contribution in [3.63, 3.8) is 0 Å². The summed E-state index contributed by atoms with van der Waals surface area (Å²) in [7, 11) is 4.65. The smallest absolute Gasteiger partial charge is 0.338 e. The molecule has 1 aromatic heterocycles. The number of halogens is 1. The average Bonchev–Trinajstić information content (AvgIpc) is 3.29. The molecule has 0 radical (unpaired) electrons. The second kappa shape index (κ2) is 13.9. The highest BCUT2D eigenvalue weighted by molar-refractivity contribution is 9.10. The number of esters is 1. The number of carbonyl (C=O) groups excluding carboxylic acids is 1. The first-order chi connectivity index (χ1) is 20.3. The lowest BCUT2D eigenvalue weighted by molar-refractivity contribution is -0.139. The van der Waals surface area contributed by atoms with E-state index in [1.807, 2.05) is 13.0 Å². The lowest BCUT2D eigenvalue weighted by Crippen LogP contribution is -2.40. The van der Waals surface area contributed by atoms with Crippen molar-refractivity contribution in [2.45, 2.75) is 32.7 Å². The minimum atomic E-state index is -0.843. The summed E-state index contributed by atoms with van der Waals surface area (Å²) in [6.07, 6.45) is 4.68. The lowest BCUT2D eigenvalue weighted by atomic mass is 9.93. The topological polar surface area (TPSA) is 97.6 Å². The SMILES string of the molecule is C=CCOc1c(Br)cc(/C=c2\sc3n(c2=O)[C@@H](c2cc(OC)ccc2OC)C(C(=O)OCC)=C(CCC)N=3)cc1OC. The highest BCUT2D eigenvalue weighted by Gasteiger charge is 2.36. The number of benzene rings is 2. The normalized spacial score (nSPS) is 14.6. The van der Waals surface area contributed by atoms with E-state index in [0.29, 0.717) is 72.2 Å². The Morgan fingerprint density at radius 1 is 1.12 bits per heavy atom. The molecule has 0 N–H and O–H groups in total. The van der Waals surface area contributed by atoms with Gasteiger partial charge in [0.25, 0.3) is 5.56 Å². The van der Waals surface area contributed by atoms with Crippen molar-refractivity contribution in [2.24, 2.45) is 4.99 Å². The van der Waals surface area contributed by atoms with Gasteiger partial charge in [0.15, 0.2) is 16.3 Å². The van der Waals surface area contributed by atoms with E-state index in [1.165, 1.54) is 15.9 Å². The number of nitrogens with zero attached hydrogens (tertiary/aromatic N) is 2. The van der Waals surface area contributed by atoms with Crippen molar-refractivity contribution in [1.29, 1.82) is 0 Å². The zero-order chi connectivity index (χ0) is 30.4. The molecule has 1 aliphatic rings. The van der Waals surface area contributed by atoms with E-state index >= 15 is 0 Å². The van der Waals surface area contributed by atoms with Crippen LogP contribution in [-0.4, -0.2) is 45.1 Å². The minimum absolute atomic E-state index is 0.178. The van der Waals surface area contributed by atoms with Crippen LogP contribution in [0.25, 0.3) is 6.08 Å². The molecule has 0 spiro atoms. The quantitative estimate of drug-likeness (QED) is 0.201. The maximum absolute atomic E-state index is 14.2. The molecule has 2 heterocycles. The Bertz CT molecular complexity index is 1710. The van der Waals surface area contributed by atoms with Gasteiger partial charge in [0, 0.05) is 5.56 Å². The molecule has 0 bridgehead atoms. The third kappa shape index (κ3) is 6.17. The fourth-order valence-corrected chi connectivity index (χ4v) is 6.32. The van der Waals surface area contributed by atoms with Crippen LogP contribution in [0, 0.1) is 0 Å². The fraction of sp³-hybridized carbons (Fsp3) is 0.323. The Kier molecular flexibility index (Phi) is 10.3. The third-order valence-corrected chi connectivity index (χ3v) is 8.09. The number of carbonyl (C=O) groups is 1. The molecule has 1 atom stereocenters. The molecule has 42 heavy (non-hydrogen) atoms. The van der Waals surface area contributed by atoms with Gasteiger partial charge in [-0.05, 0) is 71.2 Å². The molecule has 0 saturated carbocycles. The van der Waals surface area contributed by atoms with E-state index in [9.17, 15) is 9.59 Å². The first kappa shape index (κ1) is 31.1. The summed E-state index contributed by atoms with van der Waals surface area (Å²) >= 11 is 4.79. The maximum atomic E-state index is 14.2. The summed E-state index contributed by atoms with van der Waals surface area (Å²) in [5, 5.41) is 0. The van der Waals surface area contributed by atoms with Gasteiger partial charge in [-0.15, -0.1) is 0 Å². The molecule has 2 aromatic carbocycles. The van der Waals surface area contributed by atoms with Crippen LogP contribution >= 0.6 is 27.3 Å². The molecule has 11 heteroatoms. The van der Waals surface area contributed by atoms with Gasteiger partial charge in [0.1, 0.15) is 24.1 Å².